The van der Waals surface area contributed by atoms with E-state index in [9.17, 15) is 0 Å². The van der Waals surface area contributed by atoms with E-state index in [0.29, 0.717) is 12.6 Å². The van der Waals surface area contributed by atoms with E-state index in [1.165, 1.54) is 5.56 Å². The van der Waals surface area contributed by atoms with Gasteiger partial charge in [0.15, 0.2) is 0 Å². The largest absolute Gasteiger partial charge is 0.384 e. The predicted octanol–water partition coefficient (Wildman–Crippen LogP) is 1.82. The summed E-state index contributed by atoms with van der Waals surface area (Å²) >= 11 is 0. The van der Waals surface area contributed by atoms with Crippen LogP contribution in [0.2, 0.25) is 0 Å². The molecule has 0 saturated heterocycles. The van der Waals surface area contributed by atoms with E-state index < -0.39 is 0 Å². The molecule has 0 unspecified atom stereocenters. The van der Waals surface area contributed by atoms with Crippen LogP contribution in [0.3, 0.4) is 0 Å². The van der Waals surface area contributed by atoms with Crippen LogP contribution < -0.4 is 5.32 Å². The van der Waals surface area contributed by atoms with E-state index in [2.05, 4.69) is 43.0 Å². The number of ether oxygens (including phenoxy) is 1. The summed E-state index contributed by atoms with van der Waals surface area (Å²) in [6, 6.07) is 0.521. The third kappa shape index (κ3) is 4.70. The van der Waals surface area contributed by atoms with E-state index in [1.807, 2.05) is 0 Å². The quantitative estimate of drug-likeness (QED) is 0.803. The van der Waals surface area contributed by atoms with Crippen LogP contribution in [0.1, 0.15) is 36.6 Å². The molecule has 1 aromatic rings. The van der Waals surface area contributed by atoms with Gasteiger partial charge in [-0.05, 0) is 32.4 Å². The fourth-order valence-corrected chi connectivity index (χ4v) is 1.96. The molecule has 4 heteroatoms. The number of rotatable bonds is 7. The van der Waals surface area contributed by atoms with Gasteiger partial charge >= 0.3 is 0 Å². The maximum Gasteiger partial charge on any atom is 0.131 e. The van der Waals surface area contributed by atoms with Crippen LogP contribution in [0.15, 0.2) is 0 Å². The van der Waals surface area contributed by atoms with Crippen molar-refractivity contribution in [3.05, 3.63) is 22.8 Å². The zero-order valence-electron chi connectivity index (χ0n) is 12.2. The Morgan fingerprint density at radius 2 is 1.72 bits per heavy atom. The summed E-state index contributed by atoms with van der Waals surface area (Å²) in [4.78, 5) is 9.10. The second-order valence-corrected chi connectivity index (χ2v) is 4.89. The maximum absolute atomic E-state index is 5.06. The number of hydrogen-bond donors (Lipinski definition) is 1. The normalized spacial score (nSPS) is 11.2. The fourth-order valence-electron chi connectivity index (χ4n) is 1.96. The molecule has 0 atom stereocenters. The van der Waals surface area contributed by atoms with Crippen LogP contribution in [0.5, 0.6) is 0 Å². The van der Waals surface area contributed by atoms with Gasteiger partial charge in [0.1, 0.15) is 5.82 Å². The maximum atomic E-state index is 5.06. The van der Waals surface area contributed by atoms with E-state index in [1.54, 1.807) is 7.11 Å². The van der Waals surface area contributed by atoms with E-state index in [0.717, 1.165) is 36.6 Å². The summed E-state index contributed by atoms with van der Waals surface area (Å²) in [5.74, 6) is 0.882. The minimum atomic E-state index is 0.521. The Morgan fingerprint density at radius 3 is 2.22 bits per heavy atom. The molecule has 1 rings (SSSR count). The zero-order valence-corrected chi connectivity index (χ0v) is 12.2. The molecular weight excluding hydrogens is 226 g/mol. The van der Waals surface area contributed by atoms with Gasteiger partial charge in [-0.2, -0.15) is 0 Å². The van der Waals surface area contributed by atoms with E-state index in [-0.39, 0.29) is 0 Å². The Bertz CT molecular complexity index is 354. The number of hydrogen-bond acceptors (Lipinski definition) is 4. The Hall–Kier alpha value is -1.00. The smallest absolute Gasteiger partial charge is 0.131 e. The highest BCUT2D eigenvalue weighted by atomic mass is 16.5. The van der Waals surface area contributed by atoms with E-state index >= 15 is 0 Å². The topological polar surface area (TPSA) is 47.0 Å². The molecule has 0 saturated carbocycles. The zero-order chi connectivity index (χ0) is 13.5. The van der Waals surface area contributed by atoms with Crippen LogP contribution in [0, 0.1) is 13.8 Å². The van der Waals surface area contributed by atoms with Crippen molar-refractivity contribution in [2.75, 3.05) is 20.3 Å². The first-order valence-corrected chi connectivity index (χ1v) is 6.60. The van der Waals surface area contributed by atoms with Gasteiger partial charge < -0.3 is 10.1 Å². The lowest BCUT2D eigenvalue weighted by Gasteiger charge is -2.12. The molecule has 0 aliphatic rings. The van der Waals surface area contributed by atoms with Crippen LogP contribution in [0.4, 0.5) is 0 Å². The summed E-state index contributed by atoms with van der Waals surface area (Å²) in [6.07, 6.45) is 1.77. The average molecular weight is 251 g/mol. The number of aryl methyl sites for hydroxylation is 2. The van der Waals surface area contributed by atoms with Gasteiger partial charge in [0.05, 0.1) is 6.61 Å². The molecule has 0 amide bonds. The number of nitrogens with zero attached hydrogens (tertiary/aromatic N) is 2. The van der Waals surface area contributed by atoms with Crippen molar-refractivity contribution in [2.45, 2.75) is 46.6 Å². The molecule has 1 heterocycles. The molecule has 102 valence electrons. The monoisotopic (exact) mass is 251 g/mol. The lowest BCUT2D eigenvalue weighted by atomic mass is 10.1. The first-order valence-electron chi connectivity index (χ1n) is 6.60. The molecule has 4 nitrogen and oxygen atoms in total. The van der Waals surface area contributed by atoms with Crippen molar-refractivity contribution in [1.82, 2.24) is 15.3 Å². The highest BCUT2D eigenvalue weighted by Crippen LogP contribution is 2.11. The standard InChI is InChI=1S/C14H25N3O/c1-10(2)15-8-6-13-11(3)16-14(7-9-18-5)17-12(13)4/h10,15H,6-9H2,1-5H3. The molecule has 1 aromatic heterocycles. The predicted molar refractivity (Wildman–Crippen MR) is 73.9 cm³/mol. The molecule has 0 spiro atoms. The molecule has 1 N–H and O–H groups in total. The number of aromatic nitrogens is 2. The van der Waals surface area contributed by atoms with Crippen molar-refractivity contribution in [2.24, 2.45) is 0 Å². The summed E-state index contributed by atoms with van der Waals surface area (Å²) in [5, 5.41) is 3.42. The second-order valence-electron chi connectivity index (χ2n) is 4.89. The van der Waals surface area contributed by atoms with Gasteiger partial charge in [0, 0.05) is 31.0 Å². The molecule has 0 radical (unpaired) electrons. The Kier molecular flexibility index (Phi) is 6.22. The number of nitrogens with one attached hydrogen (secondary N) is 1. The van der Waals surface area contributed by atoms with Crippen LogP contribution in [0.25, 0.3) is 0 Å². The molecule has 0 bridgehead atoms. The highest BCUT2D eigenvalue weighted by molar-refractivity contribution is 5.24. The molecular formula is C14H25N3O. The Labute approximate surface area is 110 Å². The molecule has 0 fully saturated rings. The van der Waals surface area contributed by atoms with Crippen LogP contribution >= 0.6 is 0 Å². The van der Waals surface area contributed by atoms with E-state index in [4.69, 9.17) is 4.74 Å². The first kappa shape index (κ1) is 15.1. The Morgan fingerprint density at radius 1 is 1.11 bits per heavy atom. The van der Waals surface area contributed by atoms with Crippen molar-refractivity contribution < 1.29 is 4.74 Å². The first-order chi connectivity index (χ1) is 8.54. The molecule has 0 aromatic carbocycles. The third-order valence-corrected chi connectivity index (χ3v) is 2.92. The third-order valence-electron chi connectivity index (χ3n) is 2.92. The molecule has 18 heavy (non-hydrogen) atoms. The lowest BCUT2D eigenvalue weighted by molar-refractivity contribution is 0.200. The van der Waals surface area contributed by atoms with Crippen molar-refractivity contribution in [3.8, 4) is 0 Å². The van der Waals surface area contributed by atoms with Crippen LogP contribution in [-0.2, 0) is 17.6 Å². The SMILES string of the molecule is COCCc1nc(C)c(CCNC(C)C)c(C)n1. The minimum absolute atomic E-state index is 0.521. The highest BCUT2D eigenvalue weighted by Gasteiger charge is 2.08. The number of methoxy groups -OCH3 is 1. The summed E-state index contributed by atoms with van der Waals surface area (Å²) < 4.78 is 5.06. The van der Waals surface area contributed by atoms with Gasteiger partial charge in [-0.3, -0.25) is 0 Å². The Balaban J connectivity index is 2.68. The summed E-state index contributed by atoms with van der Waals surface area (Å²) in [5.41, 5.74) is 3.46. The summed E-state index contributed by atoms with van der Waals surface area (Å²) in [7, 11) is 1.70. The van der Waals surface area contributed by atoms with Crippen LogP contribution in [-0.4, -0.2) is 36.3 Å². The average Bonchev–Trinajstić information content (AvgIpc) is 2.29. The minimum Gasteiger partial charge on any atom is -0.384 e. The van der Waals surface area contributed by atoms with Crippen molar-refractivity contribution in [1.29, 1.82) is 0 Å². The lowest BCUT2D eigenvalue weighted by Crippen LogP contribution is -2.25. The van der Waals surface area contributed by atoms with Gasteiger partial charge in [0.2, 0.25) is 0 Å². The van der Waals surface area contributed by atoms with Gasteiger partial charge in [-0.15, -0.1) is 0 Å². The fraction of sp³-hybridized carbons (Fsp3) is 0.714. The second kappa shape index (κ2) is 7.44. The summed E-state index contributed by atoms with van der Waals surface area (Å²) in [6.45, 7) is 10.1. The van der Waals surface area contributed by atoms with Crippen molar-refractivity contribution in [3.63, 3.8) is 0 Å². The van der Waals surface area contributed by atoms with Crippen molar-refractivity contribution >= 4 is 0 Å². The van der Waals surface area contributed by atoms with Gasteiger partial charge in [0.25, 0.3) is 0 Å². The molecule has 0 aliphatic carbocycles. The molecule has 0 aliphatic heterocycles. The van der Waals surface area contributed by atoms with Gasteiger partial charge in [-0.25, -0.2) is 9.97 Å². The van der Waals surface area contributed by atoms with Gasteiger partial charge in [-0.1, -0.05) is 13.8 Å².